The van der Waals surface area contributed by atoms with Gasteiger partial charge in [-0.05, 0) is 42.7 Å². The van der Waals surface area contributed by atoms with Crippen molar-refractivity contribution in [1.29, 1.82) is 0 Å². The van der Waals surface area contributed by atoms with E-state index in [4.69, 9.17) is 4.84 Å². The summed E-state index contributed by atoms with van der Waals surface area (Å²) in [7, 11) is 4.09. The lowest BCUT2D eigenvalue weighted by Crippen LogP contribution is -2.31. The van der Waals surface area contributed by atoms with Crippen LogP contribution >= 0.6 is 23.5 Å². The summed E-state index contributed by atoms with van der Waals surface area (Å²) in [6.07, 6.45) is 4.38. The molecule has 158 valence electrons. The van der Waals surface area contributed by atoms with Crippen molar-refractivity contribution in [2.24, 2.45) is 0 Å². The third kappa shape index (κ3) is 6.15. The molecule has 8 heteroatoms. The molecule has 2 amide bonds. The first kappa shape index (κ1) is 22.0. The Kier molecular flexibility index (Phi) is 7.89. The average molecular weight is 437 g/mol. The summed E-state index contributed by atoms with van der Waals surface area (Å²) >= 11 is 4.02. The Bertz CT molecular complexity index is 723. The molecule has 1 aromatic carbocycles. The van der Waals surface area contributed by atoms with Gasteiger partial charge in [0.05, 0.1) is 4.58 Å². The Morgan fingerprint density at radius 2 is 1.83 bits per heavy atom. The van der Waals surface area contributed by atoms with Gasteiger partial charge in [0.15, 0.2) is 0 Å². The largest absolute Gasteiger partial charge is 0.378 e. The summed E-state index contributed by atoms with van der Waals surface area (Å²) in [5.74, 6) is -0.202. The van der Waals surface area contributed by atoms with Gasteiger partial charge in [0.1, 0.15) is 0 Å². The highest BCUT2D eigenvalue weighted by Gasteiger charge is 2.32. The molecule has 2 unspecified atom stereocenters. The third-order valence-electron chi connectivity index (χ3n) is 5.06. The molecule has 0 aromatic heterocycles. The standard InChI is InChI=1S/C21H28N2O4S2/c1-22(2)16-9-7-15(8-10-16)21-28-14-13-17(29-21)5-3-4-6-20(26)27-23-18(24)11-12-19(23)25/h7-10,17,21H,3-6,11-14H2,1-2H3. The number of carbonyl (C=O) groups excluding carboxylic acids is 3. The number of nitrogens with zero attached hydrogens (tertiary/aromatic N) is 2. The molecule has 2 heterocycles. The van der Waals surface area contributed by atoms with Crippen molar-refractivity contribution in [2.45, 2.75) is 54.8 Å². The number of amides is 2. The maximum absolute atomic E-state index is 11.9. The van der Waals surface area contributed by atoms with Crippen LogP contribution in [0.5, 0.6) is 0 Å². The Hall–Kier alpha value is -1.67. The maximum Gasteiger partial charge on any atom is 0.333 e. The summed E-state index contributed by atoms with van der Waals surface area (Å²) in [4.78, 5) is 41.8. The van der Waals surface area contributed by atoms with Gasteiger partial charge in [0.2, 0.25) is 0 Å². The fourth-order valence-electron chi connectivity index (χ4n) is 3.35. The quantitative estimate of drug-likeness (QED) is 0.448. The molecule has 0 N–H and O–H groups in total. The van der Waals surface area contributed by atoms with E-state index in [0.29, 0.717) is 21.3 Å². The minimum absolute atomic E-state index is 0.127. The molecule has 0 bridgehead atoms. The molecule has 0 spiro atoms. The van der Waals surface area contributed by atoms with Crippen molar-refractivity contribution >= 4 is 47.0 Å². The third-order valence-corrected chi connectivity index (χ3v) is 8.23. The number of hydroxylamine groups is 2. The molecule has 2 fully saturated rings. The molecule has 2 aliphatic rings. The fourth-order valence-corrected chi connectivity index (χ4v) is 6.78. The summed E-state index contributed by atoms with van der Waals surface area (Å²) in [6.45, 7) is 0. The minimum atomic E-state index is -0.501. The Balaban J connectivity index is 1.38. The van der Waals surface area contributed by atoms with Crippen LogP contribution in [0.2, 0.25) is 0 Å². The number of unbranched alkanes of at least 4 members (excludes halogenated alkanes) is 1. The van der Waals surface area contributed by atoms with Crippen LogP contribution in [0.15, 0.2) is 24.3 Å². The molecule has 3 rings (SSSR count). The fraction of sp³-hybridized carbons (Fsp3) is 0.571. The normalized spacial score (nSPS) is 22.1. The summed E-state index contributed by atoms with van der Waals surface area (Å²) in [5, 5.41) is 1.22. The monoisotopic (exact) mass is 436 g/mol. The van der Waals surface area contributed by atoms with Crippen LogP contribution in [0.1, 0.15) is 55.1 Å². The summed E-state index contributed by atoms with van der Waals surface area (Å²) in [6, 6.07) is 8.78. The van der Waals surface area contributed by atoms with E-state index in [1.54, 1.807) is 0 Å². The molecule has 6 nitrogen and oxygen atoms in total. The second kappa shape index (κ2) is 10.4. The van der Waals surface area contributed by atoms with Gasteiger partial charge in [-0.1, -0.05) is 18.6 Å². The number of benzene rings is 1. The van der Waals surface area contributed by atoms with Crippen molar-refractivity contribution < 1.29 is 19.2 Å². The van der Waals surface area contributed by atoms with Crippen LogP contribution < -0.4 is 4.90 Å². The molecule has 1 aromatic rings. The van der Waals surface area contributed by atoms with Crippen LogP contribution in [-0.4, -0.2) is 47.9 Å². The zero-order valence-corrected chi connectivity index (χ0v) is 18.6. The van der Waals surface area contributed by atoms with Crippen molar-refractivity contribution in [2.75, 3.05) is 24.7 Å². The van der Waals surface area contributed by atoms with Crippen molar-refractivity contribution in [3.05, 3.63) is 29.8 Å². The zero-order chi connectivity index (χ0) is 20.8. The van der Waals surface area contributed by atoms with Gasteiger partial charge < -0.3 is 9.74 Å². The number of carbonyl (C=O) groups is 3. The summed E-state index contributed by atoms with van der Waals surface area (Å²) < 4.78 is 0.460. The number of rotatable bonds is 8. The molecule has 2 aliphatic heterocycles. The Morgan fingerprint density at radius 3 is 2.48 bits per heavy atom. The van der Waals surface area contributed by atoms with Crippen molar-refractivity contribution in [3.63, 3.8) is 0 Å². The van der Waals surface area contributed by atoms with E-state index >= 15 is 0 Å². The Morgan fingerprint density at radius 1 is 1.14 bits per heavy atom. The van der Waals surface area contributed by atoms with E-state index in [9.17, 15) is 14.4 Å². The van der Waals surface area contributed by atoms with Gasteiger partial charge in [-0.15, -0.1) is 28.6 Å². The van der Waals surface area contributed by atoms with Crippen LogP contribution in [-0.2, 0) is 19.2 Å². The first-order chi connectivity index (χ1) is 13.9. The zero-order valence-electron chi connectivity index (χ0n) is 17.0. The van der Waals surface area contributed by atoms with E-state index in [1.165, 1.54) is 17.7 Å². The Labute approximate surface area is 180 Å². The van der Waals surface area contributed by atoms with Crippen LogP contribution in [0.4, 0.5) is 5.69 Å². The first-order valence-corrected chi connectivity index (χ1v) is 12.0. The van der Waals surface area contributed by atoms with Crippen molar-refractivity contribution in [3.8, 4) is 0 Å². The van der Waals surface area contributed by atoms with Crippen molar-refractivity contribution in [1.82, 2.24) is 5.06 Å². The predicted molar refractivity (Wildman–Crippen MR) is 118 cm³/mol. The number of imide groups is 1. The van der Waals surface area contributed by atoms with Crippen LogP contribution in [0.3, 0.4) is 0 Å². The highest BCUT2D eigenvalue weighted by atomic mass is 32.2. The predicted octanol–water partition coefficient (Wildman–Crippen LogP) is 4.16. The lowest BCUT2D eigenvalue weighted by Gasteiger charge is -2.29. The van der Waals surface area contributed by atoms with E-state index in [-0.39, 0.29) is 19.3 Å². The lowest BCUT2D eigenvalue weighted by molar-refractivity contribution is -0.197. The van der Waals surface area contributed by atoms with Gasteiger partial charge in [0, 0.05) is 44.3 Å². The number of hydrogen-bond acceptors (Lipinski definition) is 7. The maximum atomic E-state index is 11.9. The molecule has 2 atom stereocenters. The molecule has 0 saturated carbocycles. The summed E-state index contributed by atoms with van der Waals surface area (Å²) in [5.41, 5.74) is 2.57. The van der Waals surface area contributed by atoms with E-state index in [1.807, 2.05) is 37.6 Å². The van der Waals surface area contributed by atoms with E-state index in [0.717, 1.165) is 18.6 Å². The van der Waals surface area contributed by atoms with E-state index in [2.05, 4.69) is 29.2 Å². The molecular formula is C21H28N2O4S2. The minimum Gasteiger partial charge on any atom is -0.378 e. The highest BCUT2D eigenvalue weighted by Crippen LogP contribution is 2.48. The lowest BCUT2D eigenvalue weighted by atomic mass is 10.1. The topological polar surface area (TPSA) is 66.9 Å². The van der Waals surface area contributed by atoms with Gasteiger partial charge in [-0.25, -0.2) is 4.79 Å². The van der Waals surface area contributed by atoms with Gasteiger partial charge in [-0.2, -0.15) is 0 Å². The van der Waals surface area contributed by atoms with Crippen LogP contribution in [0.25, 0.3) is 0 Å². The highest BCUT2D eigenvalue weighted by molar-refractivity contribution is 8.17. The smallest absolute Gasteiger partial charge is 0.333 e. The molecule has 0 radical (unpaired) electrons. The number of hydrogen-bond donors (Lipinski definition) is 0. The van der Waals surface area contributed by atoms with Gasteiger partial charge in [-0.3, -0.25) is 9.59 Å². The first-order valence-electron chi connectivity index (χ1n) is 10.0. The number of thioether (sulfide) groups is 2. The van der Waals surface area contributed by atoms with Gasteiger partial charge >= 0.3 is 5.97 Å². The van der Waals surface area contributed by atoms with Gasteiger partial charge in [0.25, 0.3) is 11.8 Å². The SMILES string of the molecule is CN(C)c1ccc(C2SCCC(CCCCC(=O)ON3C(=O)CCC3=O)S2)cc1. The molecule has 2 saturated heterocycles. The van der Waals surface area contributed by atoms with Crippen LogP contribution in [0, 0.1) is 0 Å². The van der Waals surface area contributed by atoms with E-state index < -0.39 is 17.8 Å². The molecule has 0 aliphatic carbocycles. The molecule has 29 heavy (non-hydrogen) atoms. The second-order valence-corrected chi connectivity index (χ2v) is 10.4. The second-order valence-electron chi connectivity index (χ2n) is 7.53. The average Bonchev–Trinajstić information content (AvgIpc) is 3.03. The number of anilines is 1. The molecular weight excluding hydrogens is 408 g/mol.